The number of amides is 1. The standard InChI is InChI=1S/C15H22N4O3/c1-12-5-3-8-19(9-12)13(20)11-22-14(21)10-18(2)15-16-6-4-7-17-15/h4,6-7,12H,3,5,8-11H2,1-2H3/t12-/m0/s1. The molecule has 1 atom stereocenters. The van der Waals surface area contributed by atoms with Gasteiger partial charge in [-0.1, -0.05) is 6.92 Å². The van der Waals surface area contributed by atoms with Gasteiger partial charge >= 0.3 is 5.97 Å². The van der Waals surface area contributed by atoms with Gasteiger partial charge < -0.3 is 14.5 Å². The molecule has 1 fully saturated rings. The molecule has 1 aromatic heterocycles. The Kier molecular flexibility index (Phi) is 5.68. The maximum atomic E-state index is 12.0. The number of esters is 1. The minimum atomic E-state index is -0.464. The fourth-order valence-electron chi connectivity index (χ4n) is 2.45. The van der Waals surface area contributed by atoms with Crippen LogP contribution in [0.5, 0.6) is 0 Å². The first-order valence-corrected chi connectivity index (χ1v) is 7.48. The molecule has 2 rings (SSSR count). The van der Waals surface area contributed by atoms with Gasteiger partial charge in [0.2, 0.25) is 5.95 Å². The largest absolute Gasteiger partial charge is 0.454 e. The van der Waals surface area contributed by atoms with Crippen molar-refractivity contribution < 1.29 is 14.3 Å². The van der Waals surface area contributed by atoms with Gasteiger partial charge in [0.15, 0.2) is 6.61 Å². The van der Waals surface area contributed by atoms with Crippen molar-refractivity contribution in [3.8, 4) is 0 Å². The third-order valence-corrected chi connectivity index (χ3v) is 3.63. The van der Waals surface area contributed by atoms with Crippen LogP contribution in [-0.2, 0) is 14.3 Å². The van der Waals surface area contributed by atoms with Crippen LogP contribution in [0, 0.1) is 5.92 Å². The van der Waals surface area contributed by atoms with E-state index in [0.29, 0.717) is 11.9 Å². The van der Waals surface area contributed by atoms with Crippen LogP contribution >= 0.6 is 0 Å². The lowest BCUT2D eigenvalue weighted by molar-refractivity contribution is -0.151. The van der Waals surface area contributed by atoms with Gasteiger partial charge in [-0.25, -0.2) is 9.97 Å². The first kappa shape index (κ1) is 16.2. The minimum absolute atomic E-state index is 0.00764. The molecule has 1 aromatic rings. The van der Waals surface area contributed by atoms with Crippen molar-refractivity contribution in [1.82, 2.24) is 14.9 Å². The highest BCUT2D eigenvalue weighted by molar-refractivity contribution is 5.82. The topological polar surface area (TPSA) is 75.6 Å². The summed E-state index contributed by atoms with van der Waals surface area (Å²) in [6, 6.07) is 1.70. The van der Waals surface area contributed by atoms with E-state index in [1.165, 1.54) is 0 Å². The Morgan fingerprint density at radius 2 is 2.14 bits per heavy atom. The molecule has 0 bridgehead atoms. The molecule has 1 amide bonds. The SMILES string of the molecule is C[C@H]1CCCN(C(=O)COC(=O)CN(C)c2ncccn2)C1. The first-order valence-electron chi connectivity index (χ1n) is 7.48. The molecule has 7 heteroatoms. The number of ether oxygens (including phenoxy) is 1. The quantitative estimate of drug-likeness (QED) is 0.746. The minimum Gasteiger partial charge on any atom is -0.454 e. The number of nitrogens with zero attached hydrogens (tertiary/aromatic N) is 4. The Morgan fingerprint density at radius 1 is 1.41 bits per heavy atom. The van der Waals surface area contributed by atoms with Crippen molar-refractivity contribution >= 4 is 17.8 Å². The summed E-state index contributed by atoms with van der Waals surface area (Å²) in [6.45, 7) is 3.43. The van der Waals surface area contributed by atoms with Crippen molar-refractivity contribution in [2.45, 2.75) is 19.8 Å². The van der Waals surface area contributed by atoms with Gasteiger partial charge in [0.05, 0.1) is 0 Å². The predicted octanol–water partition coefficient (Wildman–Crippen LogP) is 0.714. The average Bonchev–Trinajstić information content (AvgIpc) is 2.53. The van der Waals surface area contributed by atoms with E-state index in [-0.39, 0.29) is 19.1 Å². The van der Waals surface area contributed by atoms with Crippen LogP contribution in [0.25, 0.3) is 0 Å². The Morgan fingerprint density at radius 3 is 2.82 bits per heavy atom. The zero-order valence-corrected chi connectivity index (χ0v) is 13.1. The molecule has 22 heavy (non-hydrogen) atoms. The number of anilines is 1. The summed E-state index contributed by atoms with van der Waals surface area (Å²) in [5.41, 5.74) is 0. The zero-order valence-electron chi connectivity index (χ0n) is 13.1. The van der Waals surface area contributed by atoms with Gasteiger partial charge in [0.25, 0.3) is 5.91 Å². The molecule has 0 saturated carbocycles. The summed E-state index contributed by atoms with van der Waals surface area (Å²) in [5, 5.41) is 0. The van der Waals surface area contributed by atoms with Crippen LogP contribution in [-0.4, -0.2) is 60.0 Å². The van der Waals surface area contributed by atoms with E-state index in [1.807, 2.05) is 0 Å². The molecule has 7 nitrogen and oxygen atoms in total. The summed E-state index contributed by atoms with van der Waals surface area (Å²) >= 11 is 0. The molecule has 1 saturated heterocycles. The second-order valence-electron chi connectivity index (χ2n) is 5.65. The molecule has 2 heterocycles. The smallest absolute Gasteiger partial charge is 0.326 e. The molecule has 0 aliphatic carbocycles. The summed E-state index contributed by atoms with van der Waals surface area (Å²) < 4.78 is 5.06. The van der Waals surface area contributed by atoms with Crippen molar-refractivity contribution in [2.75, 3.05) is 38.2 Å². The van der Waals surface area contributed by atoms with Crippen LogP contribution in [0.1, 0.15) is 19.8 Å². The van der Waals surface area contributed by atoms with Crippen LogP contribution in [0.15, 0.2) is 18.5 Å². The zero-order chi connectivity index (χ0) is 15.9. The highest BCUT2D eigenvalue weighted by Gasteiger charge is 2.22. The predicted molar refractivity (Wildman–Crippen MR) is 81.2 cm³/mol. The van der Waals surface area contributed by atoms with Gasteiger partial charge in [-0.15, -0.1) is 0 Å². The molecule has 120 valence electrons. The van der Waals surface area contributed by atoms with Gasteiger partial charge in [-0.3, -0.25) is 9.59 Å². The number of aromatic nitrogens is 2. The highest BCUT2D eigenvalue weighted by Crippen LogP contribution is 2.15. The van der Waals surface area contributed by atoms with E-state index in [1.54, 1.807) is 35.3 Å². The number of piperidine rings is 1. The lowest BCUT2D eigenvalue weighted by Crippen LogP contribution is -2.41. The number of hydrogen-bond acceptors (Lipinski definition) is 6. The molecule has 1 aliphatic rings. The number of carbonyl (C=O) groups is 2. The van der Waals surface area contributed by atoms with Crippen molar-refractivity contribution in [1.29, 1.82) is 0 Å². The summed E-state index contributed by atoms with van der Waals surface area (Å²) in [7, 11) is 1.70. The van der Waals surface area contributed by atoms with E-state index < -0.39 is 5.97 Å². The lowest BCUT2D eigenvalue weighted by Gasteiger charge is -2.30. The normalized spacial score (nSPS) is 17.9. The van der Waals surface area contributed by atoms with E-state index in [2.05, 4.69) is 16.9 Å². The number of hydrogen-bond donors (Lipinski definition) is 0. The highest BCUT2D eigenvalue weighted by atomic mass is 16.5. The van der Waals surface area contributed by atoms with Crippen molar-refractivity contribution in [3.63, 3.8) is 0 Å². The second kappa shape index (κ2) is 7.72. The van der Waals surface area contributed by atoms with Gasteiger partial charge in [0, 0.05) is 32.5 Å². The van der Waals surface area contributed by atoms with E-state index in [0.717, 1.165) is 25.9 Å². The number of likely N-dealkylation sites (tertiary alicyclic amines) is 1. The maximum absolute atomic E-state index is 12.0. The molecule has 0 aromatic carbocycles. The van der Waals surface area contributed by atoms with Crippen LogP contribution in [0.3, 0.4) is 0 Å². The van der Waals surface area contributed by atoms with Crippen LogP contribution < -0.4 is 4.90 Å². The lowest BCUT2D eigenvalue weighted by atomic mass is 10.0. The van der Waals surface area contributed by atoms with Gasteiger partial charge in [-0.05, 0) is 24.8 Å². The first-order chi connectivity index (χ1) is 10.6. The Hall–Kier alpha value is -2.18. The van der Waals surface area contributed by atoms with E-state index in [4.69, 9.17) is 4.74 Å². The molecule has 0 radical (unpaired) electrons. The van der Waals surface area contributed by atoms with E-state index in [9.17, 15) is 9.59 Å². The van der Waals surface area contributed by atoms with Crippen molar-refractivity contribution in [2.24, 2.45) is 5.92 Å². The molecule has 0 spiro atoms. The van der Waals surface area contributed by atoms with E-state index >= 15 is 0 Å². The Balaban J connectivity index is 1.74. The fourth-order valence-corrected chi connectivity index (χ4v) is 2.45. The van der Waals surface area contributed by atoms with Crippen LogP contribution in [0.2, 0.25) is 0 Å². The number of rotatable bonds is 5. The number of likely N-dealkylation sites (N-methyl/N-ethyl adjacent to an activating group) is 1. The fraction of sp³-hybridized carbons (Fsp3) is 0.600. The summed E-state index contributed by atoms with van der Waals surface area (Å²) in [6.07, 6.45) is 5.36. The summed E-state index contributed by atoms with van der Waals surface area (Å²) in [4.78, 5) is 35.2. The molecule has 0 N–H and O–H groups in total. The average molecular weight is 306 g/mol. The molecular formula is C15H22N4O3. The molecule has 0 unspecified atom stereocenters. The molecular weight excluding hydrogens is 284 g/mol. The maximum Gasteiger partial charge on any atom is 0.326 e. The van der Waals surface area contributed by atoms with Crippen molar-refractivity contribution in [3.05, 3.63) is 18.5 Å². The third kappa shape index (κ3) is 4.68. The summed E-state index contributed by atoms with van der Waals surface area (Å²) in [5.74, 6) is 0.359. The number of carbonyl (C=O) groups excluding carboxylic acids is 2. The van der Waals surface area contributed by atoms with Gasteiger partial charge in [0.1, 0.15) is 6.54 Å². The Labute approximate surface area is 130 Å². The van der Waals surface area contributed by atoms with Crippen LogP contribution in [0.4, 0.5) is 5.95 Å². The monoisotopic (exact) mass is 306 g/mol. The third-order valence-electron chi connectivity index (χ3n) is 3.63. The second-order valence-corrected chi connectivity index (χ2v) is 5.65. The van der Waals surface area contributed by atoms with Gasteiger partial charge in [-0.2, -0.15) is 0 Å². The Bertz CT molecular complexity index is 509. The molecule has 1 aliphatic heterocycles.